The monoisotopic (exact) mass is 432 g/mol. The summed E-state index contributed by atoms with van der Waals surface area (Å²) in [5, 5.41) is 2.78. The molecule has 2 aromatic rings. The molecule has 1 amide bonds. The SMILES string of the molecule is CCOc1cccc(NC(=O)C2CN(S(C)(=O)=O)c3cc(C(C)(C)C)ccc3O2)c1. The minimum absolute atomic E-state index is 0.101. The first-order valence-electron chi connectivity index (χ1n) is 9.81. The standard InChI is InChI=1S/C22H28N2O5S/c1-6-28-17-9-7-8-16(13-17)23-21(25)20-14-24(30(5,26)27)18-12-15(22(2,3)4)10-11-19(18)29-20/h7-13,20H,6,14H2,1-5H3,(H,23,25). The normalized spacial score (nSPS) is 16.4. The Bertz CT molecular complexity index is 1040. The van der Waals surface area contributed by atoms with Crippen LogP contribution in [0.5, 0.6) is 11.5 Å². The average Bonchev–Trinajstić information content (AvgIpc) is 2.65. The Morgan fingerprint density at radius 2 is 1.97 bits per heavy atom. The van der Waals surface area contributed by atoms with E-state index in [1.165, 1.54) is 4.31 Å². The van der Waals surface area contributed by atoms with Gasteiger partial charge in [-0.25, -0.2) is 8.42 Å². The zero-order chi connectivity index (χ0) is 22.1. The van der Waals surface area contributed by atoms with Gasteiger partial charge in [-0.1, -0.05) is 32.9 Å². The lowest BCUT2D eigenvalue weighted by atomic mass is 9.86. The van der Waals surface area contributed by atoms with Crippen LogP contribution < -0.4 is 19.1 Å². The Labute approximate surface area is 178 Å². The molecule has 0 aliphatic carbocycles. The van der Waals surface area contributed by atoms with Crippen LogP contribution in [-0.2, 0) is 20.2 Å². The number of rotatable bonds is 5. The number of ether oxygens (including phenoxy) is 2. The molecular weight excluding hydrogens is 404 g/mol. The van der Waals surface area contributed by atoms with E-state index in [1.54, 1.807) is 30.3 Å². The smallest absolute Gasteiger partial charge is 0.267 e. The summed E-state index contributed by atoms with van der Waals surface area (Å²) in [7, 11) is -3.60. The quantitative estimate of drug-likeness (QED) is 0.781. The largest absolute Gasteiger partial charge is 0.494 e. The Hall–Kier alpha value is -2.74. The molecule has 3 rings (SSSR count). The van der Waals surface area contributed by atoms with E-state index in [4.69, 9.17) is 9.47 Å². The summed E-state index contributed by atoms with van der Waals surface area (Å²) in [6, 6.07) is 12.5. The van der Waals surface area contributed by atoms with Crippen LogP contribution in [-0.4, -0.2) is 39.8 Å². The van der Waals surface area contributed by atoms with Crippen molar-refractivity contribution in [3.8, 4) is 11.5 Å². The van der Waals surface area contributed by atoms with E-state index in [-0.39, 0.29) is 12.0 Å². The summed E-state index contributed by atoms with van der Waals surface area (Å²) in [4.78, 5) is 12.8. The van der Waals surface area contributed by atoms with E-state index in [9.17, 15) is 13.2 Å². The van der Waals surface area contributed by atoms with E-state index >= 15 is 0 Å². The van der Waals surface area contributed by atoms with Crippen LogP contribution in [0.3, 0.4) is 0 Å². The molecule has 1 unspecified atom stereocenters. The fraction of sp³-hybridized carbons (Fsp3) is 0.409. The van der Waals surface area contributed by atoms with E-state index in [0.717, 1.165) is 11.8 Å². The molecule has 0 bridgehead atoms. The van der Waals surface area contributed by atoms with Crippen molar-refractivity contribution in [2.24, 2.45) is 0 Å². The van der Waals surface area contributed by atoms with Gasteiger partial charge < -0.3 is 14.8 Å². The topological polar surface area (TPSA) is 84.9 Å². The third kappa shape index (κ3) is 4.87. The number of carbonyl (C=O) groups excluding carboxylic acids is 1. The Morgan fingerprint density at radius 3 is 2.60 bits per heavy atom. The van der Waals surface area contributed by atoms with Crippen molar-refractivity contribution in [2.45, 2.75) is 39.2 Å². The van der Waals surface area contributed by atoms with Crippen molar-refractivity contribution < 1.29 is 22.7 Å². The predicted octanol–water partition coefficient (Wildman–Crippen LogP) is 3.55. The van der Waals surface area contributed by atoms with Crippen molar-refractivity contribution in [1.29, 1.82) is 0 Å². The summed E-state index contributed by atoms with van der Waals surface area (Å²) in [5.74, 6) is 0.573. The Kier molecular flexibility index (Phi) is 5.99. The second-order valence-electron chi connectivity index (χ2n) is 8.28. The molecule has 0 spiro atoms. The number of anilines is 2. The first-order chi connectivity index (χ1) is 14.0. The number of carbonyl (C=O) groups is 1. The van der Waals surface area contributed by atoms with E-state index < -0.39 is 22.0 Å². The number of hydrogen-bond donors (Lipinski definition) is 1. The van der Waals surface area contributed by atoms with Crippen molar-refractivity contribution in [3.05, 3.63) is 48.0 Å². The molecule has 1 heterocycles. The summed E-state index contributed by atoms with van der Waals surface area (Å²) < 4.78 is 37.5. The number of amides is 1. The Morgan fingerprint density at radius 1 is 1.23 bits per heavy atom. The fourth-order valence-electron chi connectivity index (χ4n) is 3.22. The first kappa shape index (κ1) is 22.0. The molecule has 2 aromatic carbocycles. The Balaban J connectivity index is 1.88. The lowest BCUT2D eigenvalue weighted by Crippen LogP contribution is -2.48. The van der Waals surface area contributed by atoms with Gasteiger partial charge >= 0.3 is 0 Å². The molecule has 30 heavy (non-hydrogen) atoms. The number of sulfonamides is 1. The lowest BCUT2D eigenvalue weighted by molar-refractivity contribution is -0.122. The minimum Gasteiger partial charge on any atom is -0.494 e. The van der Waals surface area contributed by atoms with Gasteiger partial charge in [0.05, 0.1) is 25.1 Å². The number of fused-ring (bicyclic) bond motifs is 1. The molecule has 1 atom stereocenters. The second-order valence-corrected chi connectivity index (χ2v) is 10.2. The molecule has 0 radical (unpaired) electrons. The molecule has 0 fully saturated rings. The van der Waals surface area contributed by atoms with Gasteiger partial charge in [0.1, 0.15) is 11.5 Å². The van der Waals surface area contributed by atoms with Gasteiger partial charge in [-0.15, -0.1) is 0 Å². The maximum Gasteiger partial charge on any atom is 0.267 e. The third-order valence-corrected chi connectivity index (χ3v) is 5.95. The summed E-state index contributed by atoms with van der Waals surface area (Å²) in [6.45, 7) is 8.45. The van der Waals surface area contributed by atoms with Crippen LogP contribution in [0.2, 0.25) is 0 Å². The van der Waals surface area contributed by atoms with Gasteiger partial charge in [0.2, 0.25) is 10.0 Å². The molecule has 8 heteroatoms. The highest BCUT2D eigenvalue weighted by Crippen LogP contribution is 2.38. The van der Waals surface area contributed by atoms with Crippen LogP contribution in [0.15, 0.2) is 42.5 Å². The fourth-order valence-corrected chi connectivity index (χ4v) is 4.13. The number of hydrogen-bond acceptors (Lipinski definition) is 5. The van der Waals surface area contributed by atoms with Crippen LogP contribution in [0.25, 0.3) is 0 Å². The number of nitrogens with one attached hydrogen (secondary N) is 1. The molecule has 0 saturated heterocycles. The highest BCUT2D eigenvalue weighted by atomic mass is 32.2. The molecule has 1 aliphatic heterocycles. The molecule has 162 valence electrons. The highest BCUT2D eigenvalue weighted by molar-refractivity contribution is 7.92. The summed E-state index contributed by atoms with van der Waals surface area (Å²) >= 11 is 0. The molecule has 0 aromatic heterocycles. The molecular formula is C22H28N2O5S. The van der Waals surface area contributed by atoms with E-state index in [0.29, 0.717) is 29.5 Å². The molecule has 0 saturated carbocycles. The summed E-state index contributed by atoms with van der Waals surface area (Å²) in [6.07, 6.45) is 0.148. The van der Waals surface area contributed by atoms with Crippen molar-refractivity contribution in [1.82, 2.24) is 0 Å². The maximum atomic E-state index is 12.8. The van der Waals surface area contributed by atoms with Gasteiger partial charge in [-0.2, -0.15) is 0 Å². The molecule has 1 aliphatic rings. The number of nitrogens with zero attached hydrogens (tertiary/aromatic N) is 1. The van der Waals surface area contributed by atoms with Crippen LogP contribution in [0, 0.1) is 0 Å². The van der Waals surface area contributed by atoms with Gasteiger partial charge in [-0.05, 0) is 42.2 Å². The van der Waals surface area contributed by atoms with Crippen molar-refractivity contribution in [2.75, 3.05) is 29.0 Å². The van der Waals surface area contributed by atoms with Crippen molar-refractivity contribution in [3.63, 3.8) is 0 Å². The maximum absolute atomic E-state index is 12.8. The highest BCUT2D eigenvalue weighted by Gasteiger charge is 2.36. The van der Waals surface area contributed by atoms with Gasteiger partial charge in [-0.3, -0.25) is 9.10 Å². The van der Waals surface area contributed by atoms with E-state index in [1.807, 2.05) is 19.1 Å². The second kappa shape index (κ2) is 8.18. The number of benzene rings is 2. The zero-order valence-corrected chi connectivity index (χ0v) is 18.7. The van der Waals surface area contributed by atoms with Crippen LogP contribution >= 0.6 is 0 Å². The third-order valence-electron chi connectivity index (χ3n) is 4.80. The van der Waals surface area contributed by atoms with Gasteiger partial charge in [0.15, 0.2) is 6.10 Å². The van der Waals surface area contributed by atoms with Gasteiger partial charge in [0.25, 0.3) is 5.91 Å². The molecule has 7 nitrogen and oxygen atoms in total. The summed E-state index contributed by atoms with van der Waals surface area (Å²) in [5.41, 5.74) is 1.83. The van der Waals surface area contributed by atoms with Gasteiger partial charge in [0, 0.05) is 11.8 Å². The average molecular weight is 433 g/mol. The lowest BCUT2D eigenvalue weighted by Gasteiger charge is -2.35. The first-order valence-corrected chi connectivity index (χ1v) is 11.7. The van der Waals surface area contributed by atoms with Crippen LogP contribution in [0.1, 0.15) is 33.3 Å². The molecule has 1 N–H and O–H groups in total. The van der Waals surface area contributed by atoms with Crippen LogP contribution in [0.4, 0.5) is 11.4 Å². The minimum atomic E-state index is -3.60. The predicted molar refractivity (Wildman–Crippen MR) is 118 cm³/mol. The van der Waals surface area contributed by atoms with E-state index in [2.05, 4.69) is 26.1 Å². The van der Waals surface area contributed by atoms with Crippen molar-refractivity contribution >= 4 is 27.3 Å². The zero-order valence-electron chi connectivity index (χ0n) is 17.9.